The molecule has 0 aliphatic carbocycles. The van der Waals surface area contributed by atoms with Gasteiger partial charge in [0.2, 0.25) is 0 Å². The summed E-state index contributed by atoms with van der Waals surface area (Å²) >= 11 is 3.26. The number of hydrogen-bond acceptors (Lipinski definition) is 12. The molecule has 0 spiro atoms. The molecular weight excluding hydrogens is 831 g/mol. The Labute approximate surface area is 365 Å². The summed E-state index contributed by atoms with van der Waals surface area (Å²) < 4.78 is 22.4. The highest BCUT2D eigenvalue weighted by molar-refractivity contribution is 7.99. The Bertz CT molecular complexity index is 2590. The minimum Gasteiger partial charge on any atom is -0.453 e. The molecule has 2 saturated heterocycles. The molecule has 9 rings (SSSR count). The van der Waals surface area contributed by atoms with Crippen LogP contribution in [0.2, 0.25) is 0 Å². The molecule has 316 valence electrons. The number of aliphatic imine (C=N–C) groups is 1. The minimum atomic E-state index is -0.922. The Morgan fingerprint density at radius 2 is 1.24 bits per heavy atom. The van der Waals surface area contributed by atoms with E-state index in [1.807, 2.05) is 91.1 Å². The lowest BCUT2D eigenvalue weighted by Gasteiger charge is -2.29. The normalized spacial score (nSPS) is 18.5. The van der Waals surface area contributed by atoms with E-state index >= 15 is 0 Å². The zero-order valence-corrected chi connectivity index (χ0v) is 35.2. The van der Waals surface area contributed by atoms with Gasteiger partial charge in [0.15, 0.2) is 23.0 Å². The molecule has 4 amide bonds. The molecule has 5 heterocycles. The van der Waals surface area contributed by atoms with Crippen molar-refractivity contribution < 1.29 is 38.1 Å². The number of rotatable bonds is 10. The van der Waals surface area contributed by atoms with Crippen molar-refractivity contribution in [2.45, 2.75) is 30.6 Å². The van der Waals surface area contributed by atoms with E-state index in [9.17, 15) is 19.2 Å². The number of aromatic nitrogens is 2. The van der Waals surface area contributed by atoms with E-state index in [1.165, 1.54) is 14.2 Å². The van der Waals surface area contributed by atoms with Crippen molar-refractivity contribution in [1.82, 2.24) is 30.4 Å². The largest absolute Gasteiger partial charge is 0.453 e. The van der Waals surface area contributed by atoms with Gasteiger partial charge in [0, 0.05) is 35.4 Å². The molecule has 17 heteroatoms. The predicted molar refractivity (Wildman–Crippen MR) is 235 cm³/mol. The Balaban J connectivity index is 0.858. The molecule has 1 aromatic heterocycles. The summed E-state index contributed by atoms with van der Waals surface area (Å²) in [5.41, 5.74) is 5.65. The van der Waals surface area contributed by atoms with Crippen LogP contribution in [-0.2, 0) is 19.1 Å². The van der Waals surface area contributed by atoms with Crippen LogP contribution in [-0.4, -0.2) is 93.0 Å². The zero-order valence-electron chi connectivity index (χ0n) is 33.6. The second-order valence-electron chi connectivity index (χ2n) is 14.8. The van der Waals surface area contributed by atoms with Crippen LogP contribution in [0, 0.1) is 0 Å². The standard InChI is InChI=1S/C45H41N7O8S2/c1-57-44(55)49-39(26-9-5-3-6-10-26)42(53)51-24-61-22-33(51)31-17-30(20-46-31)28-13-15-35-37(18-28)59-36-16-14-29(19-38(36)60-35)32-21-47-41(48-32)34-23-62-25-52(34)43(54)40(50-45(56)58-2)27-11-7-4-8-12-27/h3-16,18-21,33-34,39-40H,17,22-25H2,1-2H3,(H,47,48)(H,49,55)(H,50,56)/t33-,34-,39+,40+/m0/s1. The first-order valence-electron chi connectivity index (χ1n) is 19.8. The molecule has 3 N–H and O–H groups in total. The van der Waals surface area contributed by atoms with Gasteiger partial charge in [-0.15, -0.1) is 23.5 Å². The topological polar surface area (TPSA) is 177 Å². The van der Waals surface area contributed by atoms with Crippen LogP contribution in [0.1, 0.15) is 47.1 Å². The first-order valence-corrected chi connectivity index (χ1v) is 22.1. The van der Waals surface area contributed by atoms with Crippen LogP contribution in [0.25, 0.3) is 16.8 Å². The van der Waals surface area contributed by atoms with E-state index in [-0.39, 0.29) is 23.9 Å². The number of fused-ring (bicyclic) bond motifs is 2. The molecule has 4 aliphatic heterocycles. The average molecular weight is 872 g/mol. The number of aromatic amines is 1. The highest BCUT2D eigenvalue weighted by Gasteiger charge is 2.40. The fourth-order valence-electron chi connectivity index (χ4n) is 7.80. The fourth-order valence-corrected chi connectivity index (χ4v) is 10.2. The van der Waals surface area contributed by atoms with Gasteiger partial charge in [-0.3, -0.25) is 14.6 Å². The molecule has 4 aromatic carbocycles. The molecule has 0 bridgehead atoms. The van der Waals surface area contributed by atoms with Gasteiger partial charge in [0.1, 0.15) is 17.9 Å². The smallest absolute Gasteiger partial charge is 0.407 e. The molecule has 62 heavy (non-hydrogen) atoms. The van der Waals surface area contributed by atoms with Crippen molar-refractivity contribution in [2.24, 2.45) is 4.99 Å². The summed E-state index contributed by atoms with van der Waals surface area (Å²) in [6.07, 6.45) is 2.75. The molecule has 4 atom stereocenters. The second kappa shape index (κ2) is 17.7. The number of carbonyl (C=O) groups is 4. The van der Waals surface area contributed by atoms with E-state index < -0.39 is 24.3 Å². The molecule has 5 aromatic rings. The van der Waals surface area contributed by atoms with Gasteiger partial charge in [-0.2, -0.15) is 0 Å². The van der Waals surface area contributed by atoms with Crippen LogP contribution in [0.3, 0.4) is 0 Å². The SMILES string of the molecule is COC(=O)N[C@@H](C(=O)N1CSC[C@H]1C1=NC=C(c2ccc3c(c2)Oc2ccc(-c4cnc([C@@H]5CSCN5C(=O)[C@H](NC(=O)OC)c5ccccc5)[nH]4)cc2O3)C1)c1ccccc1. The lowest BCUT2D eigenvalue weighted by Crippen LogP contribution is -2.47. The molecule has 0 radical (unpaired) electrons. The van der Waals surface area contributed by atoms with Crippen LogP contribution >= 0.6 is 23.5 Å². The predicted octanol–water partition coefficient (Wildman–Crippen LogP) is 7.83. The van der Waals surface area contributed by atoms with Crippen LogP contribution in [0.15, 0.2) is 114 Å². The third-order valence-corrected chi connectivity index (χ3v) is 13.1. The number of benzene rings is 4. The maximum atomic E-state index is 14.0. The number of nitrogens with zero attached hydrogens (tertiary/aromatic N) is 4. The number of methoxy groups -OCH3 is 2. The van der Waals surface area contributed by atoms with E-state index in [1.54, 1.807) is 51.7 Å². The fraction of sp³-hybridized carbons (Fsp3) is 0.244. The van der Waals surface area contributed by atoms with E-state index in [4.69, 9.17) is 23.9 Å². The number of thioether (sulfide) groups is 2. The molecule has 15 nitrogen and oxygen atoms in total. The maximum Gasteiger partial charge on any atom is 0.407 e. The Hall–Kier alpha value is -6.72. The number of carbonyl (C=O) groups excluding carboxylic acids is 4. The number of allylic oxidation sites excluding steroid dienone is 1. The summed E-state index contributed by atoms with van der Waals surface area (Å²) in [4.78, 5) is 68.8. The molecule has 4 aliphatic rings. The molecule has 0 saturated carbocycles. The monoisotopic (exact) mass is 871 g/mol. The van der Waals surface area contributed by atoms with Gasteiger partial charge < -0.3 is 44.4 Å². The average Bonchev–Trinajstić information content (AvgIpc) is 4.16. The van der Waals surface area contributed by atoms with Gasteiger partial charge in [-0.25, -0.2) is 14.6 Å². The Morgan fingerprint density at radius 3 is 1.82 bits per heavy atom. The van der Waals surface area contributed by atoms with Crippen molar-refractivity contribution in [3.8, 4) is 34.3 Å². The quantitative estimate of drug-likeness (QED) is 0.122. The van der Waals surface area contributed by atoms with Gasteiger partial charge in [-0.05, 0) is 52.6 Å². The summed E-state index contributed by atoms with van der Waals surface area (Å²) in [5, 5.41) is 5.41. The number of alkyl carbamates (subject to hydrolysis) is 2. The van der Waals surface area contributed by atoms with E-state index in [2.05, 4.69) is 20.6 Å². The summed E-state index contributed by atoms with van der Waals surface area (Å²) in [7, 11) is 2.54. The second-order valence-corrected chi connectivity index (χ2v) is 16.8. The summed E-state index contributed by atoms with van der Waals surface area (Å²) in [5.74, 6) is 4.59. The van der Waals surface area contributed by atoms with Crippen LogP contribution in [0.4, 0.5) is 9.59 Å². The van der Waals surface area contributed by atoms with Gasteiger partial charge in [-0.1, -0.05) is 66.7 Å². The summed E-state index contributed by atoms with van der Waals surface area (Å²) in [6, 6.07) is 27.3. The van der Waals surface area contributed by atoms with Crippen LogP contribution < -0.4 is 20.1 Å². The van der Waals surface area contributed by atoms with Crippen molar-refractivity contribution in [3.05, 3.63) is 132 Å². The Morgan fingerprint density at radius 1 is 0.710 bits per heavy atom. The van der Waals surface area contributed by atoms with Crippen LogP contribution in [0.5, 0.6) is 23.0 Å². The van der Waals surface area contributed by atoms with E-state index in [0.717, 1.165) is 28.1 Å². The molecular formula is C45H41N7O8S2. The zero-order chi connectivity index (χ0) is 42.7. The van der Waals surface area contributed by atoms with Crippen molar-refractivity contribution in [2.75, 3.05) is 37.5 Å². The molecule has 2 fully saturated rings. The number of imidazole rings is 1. The van der Waals surface area contributed by atoms with Gasteiger partial charge >= 0.3 is 12.2 Å². The van der Waals surface area contributed by atoms with Gasteiger partial charge in [0.05, 0.1) is 49.9 Å². The van der Waals surface area contributed by atoms with Crippen molar-refractivity contribution in [1.29, 1.82) is 0 Å². The van der Waals surface area contributed by atoms with E-state index in [0.29, 0.717) is 69.6 Å². The third kappa shape index (κ3) is 8.20. The number of nitrogens with one attached hydrogen (secondary N) is 3. The van der Waals surface area contributed by atoms with Crippen molar-refractivity contribution in [3.63, 3.8) is 0 Å². The lowest BCUT2D eigenvalue weighted by molar-refractivity contribution is -0.134. The minimum absolute atomic E-state index is 0.225. The first-order chi connectivity index (χ1) is 30.3. The van der Waals surface area contributed by atoms with Gasteiger partial charge in [0.25, 0.3) is 11.8 Å². The Kier molecular flexibility index (Phi) is 11.6. The third-order valence-electron chi connectivity index (χ3n) is 11.0. The number of H-pyrrole nitrogens is 1. The number of hydrogen-bond donors (Lipinski definition) is 3. The molecule has 0 unspecified atom stereocenters. The van der Waals surface area contributed by atoms with Crippen molar-refractivity contribution >= 4 is 58.8 Å². The lowest BCUT2D eigenvalue weighted by atomic mass is 9.98. The summed E-state index contributed by atoms with van der Waals surface area (Å²) in [6.45, 7) is 0. The number of amides is 4. The highest BCUT2D eigenvalue weighted by atomic mass is 32.2. The number of ether oxygens (including phenoxy) is 4. The highest BCUT2D eigenvalue weighted by Crippen LogP contribution is 2.48. The first kappa shape index (κ1) is 40.7. The maximum absolute atomic E-state index is 14.0.